The van der Waals surface area contributed by atoms with Crippen LogP contribution in [0.1, 0.15) is 50.5 Å². The van der Waals surface area contributed by atoms with E-state index in [1.54, 1.807) is 20.2 Å². The van der Waals surface area contributed by atoms with Crippen molar-refractivity contribution in [2.45, 2.75) is 56.7 Å². The largest absolute Gasteiger partial charge is 0.481 e. The van der Waals surface area contributed by atoms with Gasteiger partial charge in [0, 0.05) is 19.7 Å². The van der Waals surface area contributed by atoms with E-state index < -0.39 is 11.6 Å². The highest BCUT2D eigenvalue weighted by Gasteiger charge is 2.41. The molecule has 0 aliphatic heterocycles. The number of carbonyl (C=O) groups excluding carboxylic acids is 1. The highest BCUT2D eigenvalue weighted by molar-refractivity contribution is 6.33. The van der Waals surface area contributed by atoms with Crippen LogP contribution in [0.2, 0.25) is 5.02 Å². The van der Waals surface area contributed by atoms with Crippen LogP contribution in [0, 0.1) is 5.92 Å². The number of H-pyrrole nitrogens is 1. The summed E-state index contributed by atoms with van der Waals surface area (Å²) in [6.45, 7) is 0. The van der Waals surface area contributed by atoms with E-state index >= 15 is 0 Å². The molecular formula is C28H31ClN4O5. The molecule has 1 aromatic carbocycles. The summed E-state index contributed by atoms with van der Waals surface area (Å²) in [5.41, 5.74) is 3.47. The van der Waals surface area contributed by atoms with Gasteiger partial charge < -0.3 is 24.8 Å². The Morgan fingerprint density at radius 3 is 2.39 bits per heavy atom. The Balaban J connectivity index is 1.28. The van der Waals surface area contributed by atoms with Crippen molar-refractivity contribution in [3.63, 3.8) is 0 Å². The number of aliphatic carboxylic acids is 1. The summed E-state index contributed by atoms with van der Waals surface area (Å²) in [6, 6.07) is 10.0. The molecule has 0 spiro atoms. The number of nitrogens with zero attached hydrogens (tertiary/aromatic N) is 3. The maximum atomic E-state index is 12.3. The fraction of sp³-hybridized carbons (Fsp3) is 0.429. The fourth-order valence-electron chi connectivity index (χ4n) is 5.29. The minimum absolute atomic E-state index is 0.173. The Bertz CT molecular complexity index is 1390. The highest BCUT2D eigenvalue weighted by atomic mass is 35.5. The molecule has 10 heteroatoms. The lowest BCUT2D eigenvalue weighted by Gasteiger charge is -2.35. The van der Waals surface area contributed by atoms with Gasteiger partial charge in [0.05, 0.1) is 22.2 Å². The molecule has 2 aliphatic carbocycles. The van der Waals surface area contributed by atoms with Gasteiger partial charge in [0.25, 0.3) is 11.9 Å². The van der Waals surface area contributed by atoms with E-state index in [1.165, 1.54) is 4.90 Å². The zero-order valence-electron chi connectivity index (χ0n) is 21.4. The third kappa shape index (κ3) is 5.26. The van der Waals surface area contributed by atoms with Crippen LogP contribution >= 0.6 is 11.6 Å². The molecule has 3 aromatic rings. The SMILES string of the molecule is CN(C)C(=O)C1(O)CCC(Oc2nc3nc(-c4ccc(C5=CCC(C(=O)O)CC5)cc4)c(Cl)cc3[nH]2)CC1. The molecule has 1 saturated carbocycles. The second-order valence-electron chi connectivity index (χ2n) is 10.4. The molecule has 38 heavy (non-hydrogen) atoms. The average molecular weight is 539 g/mol. The average Bonchev–Trinajstić information content (AvgIpc) is 3.30. The summed E-state index contributed by atoms with van der Waals surface area (Å²) in [6.07, 6.45) is 5.51. The van der Waals surface area contributed by atoms with Crippen LogP contribution in [0.25, 0.3) is 28.0 Å². The molecule has 0 saturated heterocycles. The van der Waals surface area contributed by atoms with Gasteiger partial charge in [-0.25, -0.2) is 4.98 Å². The molecular weight excluding hydrogens is 508 g/mol. The van der Waals surface area contributed by atoms with Crippen LogP contribution in [0.3, 0.4) is 0 Å². The molecule has 0 radical (unpaired) electrons. The first-order chi connectivity index (χ1) is 18.1. The van der Waals surface area contributed by atoms with Gasteiger partial charge in [-0.1, -0.05) is 41.9 Å². The number of imidazole rings is 1. The second-order valence-corrected chi connectivity index (χ2v) is 10.8. The van der Waals surface area contributed by atoms with Crippen molar-refractivity contribution in [3.8, 4) is 17.3 Å². The van der Waals surface area contributed by atoms with Crippen LogP contribution in [0.5, 0.6) is 6.01 Å². The number of allylic oxidation sites excluding steroid dienone is 2. The van der Waals surface area contributed by atoms with E-state index in [9.17, 15) is 19.8 Å². The summed E-state index contributed by atoms with van der Waals surface area (Å²) in [4.78, 5) is 37.2. The maximum Gasteiger partial charge on any atom is 0.306 e. The van der Waals surface area contributed by atoms with E-state index in [-0.39, 0.29) is 17.9 Å². The van der Waals surface area contributed by atoms with Crippen LogP contribution in [0.4, 0.5) is 0 Å². The summed E-state index contributed by atoms with van der Waals surface area (Å²) < 4.78 is 6.04. The first kappa shape index (κ1) is 26.2. The summed E-state index contributed by atoms with van der Waals surface area (Å²) in [5, 5.41) is 20.4. The van der Waals surface area contributed by atoms with Crippen molar-refractivity contribution in [1.82, 2.24) is 19.9 Å². The smallest absolute Gasteiger partial charge is 0.306 e. The van der Waals surface area contributed by atoms with Gasteiger partial charge in [-0.2, -0.15) is 4.98 Å². The van der Waals surface area contributed by atoms with Crippen molar-refractivity contribution in [2.24, 2.45) is 5.92 Å². The molecule has 5 rings (SSSR count). The molecule has 2 aliphatic rings. The standard InChI is InChI=1S/C28H31ClN4O5/c1-33(2)26(36)28(37)13-11-20(12-14-28)38-27-30-22-15-21(29)23(31-24(22)32-27)18-7-3-16(4-8-18)17-5-9-19(10-6-17)25(34)35/h3-5,7-8,15,19-20,37H,6,9-14H2,1-2H3,(H,34,35)(H,30,31,32). The highest BCUT2D eigenvalue weighted by Crippen LogP contribution is 2.35. The summed E-state index contributed by atoms with van der Waals surface area (Å²) >= 11 is 6.58. The number of rotatable bonds is 6. The van der Waals surface area contributed by atoms with Crippen molar-refractivity contribution < 1.29 is 24.5 Å². The number of hydrogen-bond acceptors (Lipinski definition) is 6. The number of pyridine rings is 1. The second kappa shape index (κ2) is 10.4. The lowest BCUT2D eigenvalue weighted by molar-refractivity contribution is -0.153. The first-order valence-electron chi connectivity index (χ1n) is 12.8. The van der Waals surface area contributed by atoms with E-state index in [2.05, 4.69) is 15.0 Å². The van der Waals surface area contributed by atoms with Gasteiger partial charge in [0.1, 0.15) is 11.7 Å². The fourth-order valence-corrected chi connectivity index (χ4v) is 5.55. The van der Waals surface area contributed by atoms with Gasteiger partial charge in [0.15, 0.2) is 5.65 Å². The predicted molar refractivity (Wildman–Crippen MR) is 144 cm³/mol. The number of carbonyl (C=O) groups is 2. The number of carboxylic acids is 1. The number of aliphatic hydroxyl groups is 1. The molecule has 9 nitrogen and oxygen atoms in total. The maximum absolute atomic E-state index is 12.3. The molecule has 1 amide bonds. The van der Waals surface area contributed by atoms with Gasteiger partial charge >= 0.3 is 5.97 Å². The van der Waals surface area contributed by atoms with E-state index in [1.807, 2.05) is 30.3 Å². The number of aromatic amines is 1. The lowest BCUT2D eigenvalue weighted by atomic mass is 9.82. The van der Waals surface area contributed by atoms with Gasteiger partial charge in [-0.15, -0.1) is 0 Å². The van der Waals surface area contributed by atoms with Gasteiger partial charge in [0.2, 0.25) is 0 Å². The number of carboxylic acid groups (broad SMARTS) is 1. The van der Waals surface area contributed by atoms with Crippen LogP contribution in [-0.2, 0) is 9.59 Å². The molecule has 1 unspecified atom stereocenters. The first-order valence-corrected chi connectivity index (χ1v) is 13.2. The van der Waals surface area contributed by atoms with Crippen LogP contribution in [0.15, 0.2) is 36.4 Å². The Hall–Kier alpha value is -3.43. The minimum Gasteiger partial charge on any atom is -0.481 e. The van der Waals surface area contributed by atoms with Crippen molar-refractivity contribution in [3.05, 3.63) is 47.0 Å². The summed E-state index contributed by atoms with van der Waals surface area (Å²) in [7, 11) is 3.29. The monoisotopic (exact) mass is 538 g/mol. The number of hydrogen-bond donors (Lipinski definition) is 3. The quantitative estimate of drug-likeness (QED) is 0.415. The van der Waals surface area contributed by atoms with E-state index in [4.69, 9.17) is 16.3 Å². The zero-order chi connectivity index (χ0) is 27.0. The Kier molecular flexibility index (Phi) is 7.15. The Morgan fingerprint density at radius 2 is 1.79 bits per heavy atom. The van der Waals surface area contributed by atoms with Gasteiger partial charge in [-0.3, -0.25) is 9.59 Å². The van der Waals surface area contributed by atoms with Crippen molar-refractivity contribution >= 4 is 40.2 Å². The number of fused-ring (bicyclic) bond motifs is 1. The molecule has 2 heterocycles. The molecule has 200 valence electrons. The van der Waals surface area contributed by atoms with Crippen molar-refractivity contribution in [2.75, 3.05) is 14.1 Å². The topological polar surface area (TPSA) is 129 Å². The summed E-state index contributed by atoms with van der Waals surface area (Å²) in [5.74, 6) is -1.31. The Morgan fingerprint density at radius 1 is 1.11 bits per heavy atom. The number of halogens is 1. The normalized spacial score (nSPS) is 23.6. The van der Waals surface area contributed by atoms with Crippen LogP contribution < -0.4 is 4.74 Å². The number of aromatic nitrogens is 3. The number of benzene rings is 1. The lowest BCUT2D eigenvalue weighted by Crippen LogP contribution is -2.49. The predicted octanol–water partition coefficient (Wildman–Crippen LogP) is 4.69. The molecule has 3 N–H and O–H groups in total. The van der Waals surface area contributed by atoms with Crippen LogP contribution in [-0.4, -0.2) is 67.7 Å². The number of amides is 1. The number of nitrogens with one attached hydrogen (secondary N) is 1. The van der Waals surface area contributed by atoms with E-state index in [0.717, 1.165) is 23.1 Å². The Labute approximate surface area is 225 Å². The van der Waals surface area contributed by atoms with Crippen molar-refractivity contribution in [1.29, 1.82) is 0 Å². The number of likely N-dealkylation sites (N-methyl/N-ethyl adjacent to an activating group) is 1. The van der Waals surface area contributed by atoms with E-state index in [0.29, 0.717) is 66.4 Å². The molecule has 1 atom stereocenters. The van der Waals surface area contributed by atoms with Gasteiger partial charge in [-0.05, 0) is 62.1 Å². The third-order valence-electron chi connectivity index (χ3n) is 7.54. The molecule has 0 bridgehead atoms. The zero-order valence-corrected chi connectivity index (χ0v) is 22.2. The minimum atomic E-state index is -1.34. The number of ether oxygens (including phenoxy) is 1. The third-order valence-corrected chi connectivity index (χ3v) is 7.82. The molecule has 2 aromatic heterocycles. The molecule has 1 fully saturated rings.